The molecule has 0 saturated carbocycles. The van der Waals surface area contributed by atoms with Gasteiger partial charge in [-0.25, -0.2) is 0 Å². The third-order valence-electron chi connectivity index (χ3n) is 2.29. The average molecular weight is 253 g/mol. The lowest BCUT2D eigenvalue weighted by Gasteiger charge is -2.23. The molecule has 1 unspecified atom stereocenters. The zero-order valence-electron chi connectivity index (χ0n) is 10.2. The maximum absolute atomic E-state index is 10.3. The predicted octanol–water partition coefficient (Wildman–Crippen LogP) is 1.31. The fraction of sp³-hybridized carbons (Fsp3) is 0.417. The number of hydrogen-bond donors (Lipinski definition) is 3. The van der Waals surface area contributed by atoms with Gasteiger partial charge in [0.25, 0.3) is 0 Å². The highest BCUT2D eigenvalue weighted by atomic mass is 32.1. The van der Waals surface area contributed by atoms with Crippen LogP contribution >= 0.6 is 11.3 Å². The molecule has 0 aliphatic heterocycles. The van der Waals surface area contributed by atoms with Crippen LogP contribution in [-0.4, -0.2) is 31.2 Å². The number of aliphatic imine (C=N–C) groups is 1. The lowest BCUT2D eigenvalue weighted by Crippen LogP contribution is -2.44. The van der Waals surface area contributed by atoms with E-state index in [1.54, 1.807) is 31.4 Å². The van der Waals surface area contributed by atoms with Crippen molar-refractivity contribution >= 4 is 17.3 Å². The maximum Gasteiger partial charge on any atom is 0.191 e. The van der Waals surface area contributed by atoms with E-state index in [-0.39, 0.29) is 0 Å². The fourth-order valence-corrected chi connectivity index (χ4v) is 2.10. The zero-order valence-corrected chi connectivity index (χ0v) is 11.0. The molecule has 3 N–H and O–H groups in total. The number of guanidine groups is 1. The van der Waals surface area contributed by atoms with Crippen molar-refractivity contribution in [2.45, 2.75) is 12.5 Å². The minimum atomic E-state index is -0.889. The molecule has 4 nitrogen and oxygen atoms in total. The molecule has 1 heterocycles. The van der Waals surface area contributed by atoms with Gasteiger partial charge in [-0.3, -0.25) is 4.99 Å². The molecule has 1 aromatic heterocycles. The van der Waals surface area contributed by atoms with E-state index in [2.05, 4.69) is 22.2 Å². The van der Waals surface area contributed by atoms with Crippen LogP contribution < -0.4 is 10.6 Å². The van der Waals surface area contributed by atoms with E-state index in [0.717, 1.165) is 4.88 Å². The second-order valence-corrected chi connectivity index (χ2v) is 4.79. The zero-order chi connectivity index (χ0) is 12.7. The van der Waals surface area contributed by atoms with E-state index in [1.165, 1.54) is 0 Å². The molecular formula is C12H19N3OS. The molecule has 1 atom stereocenters. The Morgan fingerprint density at radius 2 is 2.41 bits per heavy atom. The molecule has 0 spiro atoms. The third kappa shape index (κ3) is 4.20. The topological polar surface area (TPSA) is 56.7 Å². The monoisotopic (exact) mass is 253 g/mol. The van der Waals surface area contributed by atoms with Crippen LogP contribution in [0.15, 0.2) is 35.2 Å². The van der Waals surface area contributed by atoms with E-state index in [1.807, 2.05) is 17.5 Å². The molecule has 1 rings (SSSR count). The number of nitrogens with one attached hydrogen (secondary N) is 2. The Bertz CT molecular complexity index is 371. The summed E-state index contributed by atoms with van der Waals surface area (Å²) in [6.07, 6.45) is 1.75. The van der Waals surface area contributed by atoms with Crippen LogP contribution in [0, 0.1) is 0 Å². The number of thiophene rings is 1. The number of nitrogens with zero attached hydrogens (tertiary/aromatic N) is 1. The first kappa shape index (κ1) is 13.7. The summed E-state index contributed by atoms with van der Waals surface area (Å²) in [4.78, 5) is 4.98. The Balaban J connectivity index is 2.51. The van der Waals surface area contributed by atoms with Crippen molar-refractivity contribution in [3.63, 3.8) is 0 Å². The molecule has 0 saturated heterocycles. The number of rotatable bonds is 5. The quantitative estimate of drug-likeness (QED) is 0.421. The van der Waals surface area contributed by atoms with Crippen molar-refractivity contribution in [3.05, 3.63) is 35.0 Å². The smallest absolute Gasteiger partial charge is 0.191 e. The van der Waals surface area contributed by atoms with Crippen molar-refractivity contribution < 1.29 is 5.11 Å². The maximum atomic E-state index is 10.3. The molecule has 94 valence electrons. The van der Waals surface area contributed by atoms with Gasteiger partial charge in [0.2, 0.25) is 0 Å². The Morgan fingerprint density at radius 1 is 1.65 bits per heavy atom. The second-order valence-electron chi connectivity index (χ2n) is 3.85. The standard InChI is InChI=1S/C12H19N3OS/c1-4-7-14-11(13-3)15-9-12(2,16)10-6-5-8-17-10/h4-6,8,16H,1,7,9H2,2-3H3,(H2,13,14,15). The Hall–Kier alpha value is -1.33. The first-order valence-electron chi connectivity index (χ1n) is 5.42. The second kappa shape index (κ2) is 6.42. The molecule has 5 heteroatoms. The van der Waals surface area contributed by atoms with Gasteiger partial charge < -0.3 is 15.7 Å². The van der Waals surface area contributed by atoms with Crippen molar-refractivity contribution in [2.24, 2.45) is 4.99 Å². The van der Waals surface area contributed by atoms with Crippen molar-refractivity contribution in [1.82, 2.24) is 10.6 Å². The van der Waals surface area contributed by atoms with Gasteiger partial charge in [-0.15, -0.1) is 17.9 Å². The summed E-state index contributed by atoms with van der Waals surface area (Å²) < 4.78 is 0. The first-order chi connectivity index (χ1) is 8.10. The van der Waals surface area contributed by atoms with Gasteiger partial charge in [-0.05, 0) is 18.4 Å². The molecule has 0 radical (unpaired) electrons. The Morgan fingerprint density at radius 3 is 2.94 bits per heavy atom. The van der Waals surface area contributed by atoms with Crippen LogP contribution in [0.25, 0.3) is 0 Å². The Labute approximate surface area is 106 Å². The largest absolute Gasteiger partial charge is 0.383 e. The normalized spacial score (nSPS) is 15.1. The third-order valence-corrected chi connectivity index (χ3v) is 3.41. The molecule has 17 heavy (non-hydrogen) atoms. The van der Waals surface area contributed by atoms with E-state index in [0.29, 0.717) is 19.0 Å². The van der Waals surface area contributed by atoms with Gasteiger partial charge in [0, 0.05) is 18.5 Å². The minimum absolute atomic E-state index is 0.407. The Kier molecular flexibility index (Phi) is 5.18. The first-order valence-corrected chi connectivity index (χ1v) is 6.30. The van der Waals surface area contributed by atoms with Gasteiger partial charge in [0.15, 0.2) is 5.96 Å². The molecule has 0 bridgehead atoms. The molecule has 0 amide bonds. The highest BCUT2D eigenvalue weighted by Crippen LogP contribution is 2.24. The fourth-order valence-electron chi connectivity index (χ4n) is 1.32. The highest BCUT2D eigenvalue weighted by Gasteiger charge is 2.24. The summed E-state index contributed by atoms with van der Waals surface area (Å²) >= 11 is 1.54. The van der Waals surface area contributed by atoms with Crippen molar-refractivity contribution in [1.29, 1.82) is 0 Å². The number of aliphatic hydroxyl groups is 1. The molecule has 0 aliphatic carbocycles. The van der Waals surface area contributed by atoms with Gasteiger partial charge in [-0.1, -0.05) is 12.1 Å². The van der Waals surface area contributed by atoms with E-state index in [4.69, 9.17) is 0 Å². The summed E-state index contributed by atoms with van der Waals surface area (Å²) in [6.45, 7) is 6.45. The van der Waals surface area contributed by atoms with E-state index in [9.17, 15) is 5.11 Å². The van der Waals surface area contributed by atoms with E-state index >= 15 is 0 Å². The molecule has 1 aromatic rings. The van der Waals surface area contributed by atoms with Gasteiger partial charge in [0.05, 0.1) is 6.54 Å². The lowest BCUT2D eigenvalue weighted by atomic mass is 10.1. The van der Waals surface area contributed by atoms with Gasteiger partial charge >= 0.3 is 0 Å². The highest BCUT2D eigenvalue weighted by molar-refractivity contribution is 7.10. The van der Waals surface area contributed by atoms with Crippen molar-refractivity contribution in [3.8, 4) is 0 Å². The van der Waals surface area contributed by atoms with Crippen LogP contribution in [0.2, 0.25) is 0 Å². The summed E-state index contributed by atoms with van der Waals surface area (Å²) in [5.41, 5.74) is -0.889. The summed E-state index contributed by atoms with van der Waals surface area (Å²) in [5.74, 6) is 0.654. The molecule has 0 aromatic carbocycles. The van der Waals surface area contributed by atoms with E-state index < -0.39 is 5.60 Å². The molecule has 0 fully saturated rings. The van der Waals surface area contributed by atoms with Crippen LogP contribution in [0.1, 0.15) is 11.8 Å². The van der Waals surface area contributed by atoms with Gasteiger partial charge in [-0.2, -0.15) is 0 Å². The molecule has 0 aliphatic rings. The van der Waals surface area contributed by atoms with Crippen LogP contribution in [-0.2, 0) is 5.60 Å². The number of hydrogen-bond acceptors (Lipinski definition) is 3. The van der Waals surface area contributed by atoms with Crippen LogP contribution in [0.5, 0.6) is 0 Å². The summed E-state index contributed by atoms with van der Waals surface area (Å²) in [5, 5.41) is 18.4. The lowest BCUT2D eigenvalue weighted by molar-refractivity contribution is 0.0655. The van der Waals surface area contributed by atoms with Crippen LogP contribution in [0.4, 0.5) is 0 Å². The predicted molar refractivity (Wildman–Crippen MR) is 73.5 cm³/mol. The summed E-state index contributed by atoms with van der Waals surface area (Å²) in [6, 6.07) is 3.85. The van der Waals surface area contributed by atoms with Gasteiger partial charge in [0.1, 0.15) is 5.60 Å². The van der Waals surface area contributed by atoms with Crippen LogP contribution in [0.3, 0.4) is 0 Å². The summed E-state index contributed by atoms with van der Waals surface area (Å²) in [7, 11) is 1.69. The van der Waals surface area contributed by atoms with Crippen molar-refractivity contribution in [2.75, 3.05) is 20.1 Å². The molecular weight excluding hydrogens is 234 g/mol. The minimum Gasteiger partial charge on any atom is -0.383 e. The average Bonchev–Trinajstić information content (AvgIpc) is 2.83. The SMILES string of the molecule is C=CCNC(=NC)NCC(C)(O)c1cccs1.